The second kappa shape index (κ2) is 9.78. The number of unbranched alkanes of at least 4 members (excludes halogenated alkanes) is 1. The lowest BCUT2D eigenvalue weighted by atomic mass is 10.1. The minimum absolute atomic E-state index is 0.0998. The van der Waals surface area contributed by atoms with Gasteiger partial charge in [-0.2, -0.15) is 0 Å². The normalized spacial score (nSPS) is 13.7. The average molecular weight is 380 g/mol. The summed E-state index contributed by atoms with van der Waals surface area (Å²) >= 11 is 0. The van der Waals surface area contributed by atoms with Crippen LogP contribution in [0.25, 0.3) is 10.8 Å². The SMILES string of the molecule is CC(C)OP(=O)(O)OCCCCNC(=O)Cc1cc2ccccc2cn1. The molecule has 0 spiro atoms. The van der Waals surface area contributed by atoms with Crippen LogP contribution in [0.5, 0.6) is 0 Å². The van der Waals surface area contributed by atoms with Crippen LogP contribution in [0.15, 0.2) is 36.5 Å². The molecule has 0 saturated carbocycles. The minimum Gasteiger partial charge on any atom is -0.356 e. The number of nitrogens with one attached hydrogen (secondary N) is 1. The summed E-state index contributed by atoms with van der Waals surface area (Å²) < 4.78 is 21.1. The van der Waals surface area contributed by atoms with Gasteiger partial charge in [0.25, 0.3) is 0 Å². The van der Waals surface area contributed by atoms with Gasteiger partial charge in [-0.05, 0) is 38.1 Å². The molecular formula is C18H25N2O5P. The lowest BCUT2D eigenvalue weighted by Crippen LogP contribution is -2.26. The summed E-state index contributed by atoms with van der Waals surface area (Å²) in [4.78, 5) is 25.7. The Bertz CT molecular complexity index is 781. The van der Waals surface area contributed by atoms with Crippen LogP contribution in [0.2, 0.25) is 0 Å². The highest BCUT2D eigenvalue weighted by atomic mass is 31.2. The van der Waals surface area contributed by atoms with Crippen molar-refractivity contribution in [3.63, 3.8) is 0 Å². The summed E-state index contributed by atoms with van der Waals surface area (Å²) in [5.41, 5.74) is 0.719. The van der Waals surface area contributed by atoms with E-state index < -0.39 is 7.82 Å². The van der Waals surface area contributed by atoms with Gasteiger partial charge in [-0.3, -0.25) is 18.8 Å². The number of hydrogen-bond donors (Lipinski definition) is 2. The Morgan fingerprint density at radius 3 is 2.73 bits per heavy atom. The van der Waals surface area contributed by atoms with Crippen molar-refractivity contribution < 1.29 is 23.3 Å². The van der Waals surface area contributed by atoms with Crippen molar-refractivity contribution in [2.24, 2.45) is 0 Å². The van der Waals surface area contributed by atoms with E-state index in [4.69, 9.17) is 9.05 Å². The number of pyridine rings is 1. The molecule has 0 fully saturated rings. The van der Waals surface area contributed by atoms with E-state index in [2.05, 4.69) is 10.3 Å². The second-order valence-electron chi connectivity index (χ2n) is 6.21. The topological polar surface area (TPSA) is 97.8 Å². The van der Waals surface area contributed by atoms with Crippen molar-refractivity contribution >= 4 is 24.5 Å². The van der Waals surface area contributed by atoms with Gasteiger partial charge < -0.3 is 10.2 Å². The zero-order chi connectivity index (χ0) is 19.0. The quantitative estimate of drug-likeness (QED) is 0.485. The van der Waals surface area contributed by atoms with Crippen LogP contribution in [0.4, 0.5) is 0 Å². The highest BCUT2D eigenvalue weighted by Gasteiger charge is 2.22. The highest BCUT2D eigenvalue weighted by Crippen LogP contribution is 2.44. The van der Waals surface area contributed by atoms with Crippen LogP contribution in [0.3, 0.4) is 0 Å². The monoisotopic (exact) mass is 380 g/mol. The molecule has 1 heterocycles. The standard InChI is InChI=1S/C18H25N2O5P/c1-14(2)25-26(22,23)24-10-6-5-9-19-18(21)12-17-11-15-7-3-4-8-16(15)13-20-17/h3-4,7-8,11,13-14H,5-6,9-10,12H2,1-2H3,(H,19,21)(H,22,23). The van der Waals surface area contributed by atoms with E-state index in [9.17, 15) is 14.3 Å². The van der Waals surface area contributed by atoms with Gasteiger partial charge in [0, 0.05) is 18.1 Å². The summed E-state index contributed by atoms with van der Waals surface area (Å²) in [6.45, 7) is 3.89. The van der Waals surface area contributed by atoms with Gasteiger partial charge in [0.05, 0.1) is 24.8 Å². The summed E-state index contributed by atoms with van der Waals surface area (Å²) in [5, 5.41) is 4.91. The number of carbonyl (C=O) groups is 1. The maximum Gasteiger partial charge on any atom is 0.472 e. The number of phosphoric ester groups is 1. The molecule has 26 heavy (non-hydrogen) atoms. The number of hydrogen-bond acceptors (Lipinski definition) is 5. The Hall–Kier alpha value is -1.79. The molecule has 142 valence electrons. The van der Waals surface area contributed by atoms with Gasteiger partial charge in [-0.1, -0.05) is 24.3 Å². The predicted molar refractivity (Wildman–Crippen MR) is 99.7 cm³/mol. The fourth-order valence-electron chi connectivity index (χ4n) is 2.38. The molecular weight excluding hydrogens is 355 g/mol. The van der Waals surface area contributed by atoms with Gasteiger partial charge in [0.2, 0.25) is 5.91 Å². The number of amides is 1. The van der Waals surface area contributed by atoms with Crippen molar-refractivity contribution in [2.75, 3.05) is 13.2 Å². The lowest BCUT2D eigenvalue weighted by Gasteiger charge is -2.14. The second-order valence-corrected chi connectivity index (χ2v) is 7.62. The summed E-state index contributed by atoms with van der Waals surface area (Å²) in [5.74, 6) is -0.107. The predicted octanol–water partition coefficient (Wildman–Crippen LogP) is 3.22. The van der Waals surface area contributed by atoms with Crippen LogP contribution in [-0.2, 0) is 24.8 Å². The van der Waals surface area contributed by atoms with Crippen molar-refractivity contribution in [3.05, 3.63) is 42.2 Å². The van der Waals surface area contributed by atoms with E-state index in [0.717, 1.165) is 16.5 Å². The van der Waals surface area contributed by atoms with Crippen LogP contribution in [0, 0.1) is 0 Å². The molecule has 1 aromatic heterocycles. The van der Waals surface area contributed by atoms with E-state index in [0.29, 0.717) is 19.4 Å². The number of aromatic nitrogens is 1. The van der Waals surface area contributed by atoms with Gasteiger partial charge in [0.1, 0.15) is 0 Å². The van der Waals surface area contributed by atoms with E-state index in [1.807, 2.05) is 30.3 Å². The highest BCUT2D eigenvalue weighted by molar-refractivity contribution is 7.47. The number of phosphoric acid groups is 1. The van der Waals surface area contributed by atoms with Gasteiger partial charge >= 0.3 is 7.82 Å². The number of rotatable bonds is 10. The van der Waals surface area contributed by atoms with E-state index >= 15 is 0 Å². The molecule has 0 bridgehead atoms. The summed E-state index contributed by atoms with van der Waals surface area (Å²) in [6, 6.07) is 9.78. The van der Waals surface area contributed by atoms with Crippen molar-refractivity contribution in [1.29, 1.82) is 0 Å². The van der Waals surface area contributed by atoms with E-state index in [1.54, 1.807) is 20.0 Å². The van der Waals surface area contributed by atoms with Crippen molar-refractivity contribution in [1.82, 2.24) is 10.3 Å². The third-order valence-corrected chi connectivity index (χ3v) is 4.72. The molecule has 1 aromatic carbocycles. The first-order valence-corrected chi connectivity index (χ1v) is 10.1. The average Bonchev–Trinajstić information content (AvgIpc) is 2.56. The fourth-order valence-corrected chi connectivity index (χ4v) is 3.34. The van der Waals surface area contributed by atoms with Crippen LogP contribution < -0.4 is 5.32 Å². The van der Waals surface area contributed by atoms with Crippen LogP contribution in [-0.4, -0.2) is 35.0 Å². The molecule has 1 atom stereocenters. The molecule has 2 aromatic rings. The van der Waals surface area contributed by atoms with Gasteiger partial charge in [0.15, 0.2) is 0 Å². The Kier molecular flexibility index (Phi) is 7.72. The maximum absolute atomic E-state index is 12.0. The molecule has 8 heteroatoms. The Balaban J connectivity index is 1.65. The maximum atomic E-state index is 12.0. The smallest absolute Gasteiger partial charge is 0.356 e. The van der Waals surface area contributed by atoms with Gasteiger partial charge in [-0.15, -0.1) is 0 Å². The Morgan fingerprint density at radius 1 is 1.27 bits per heavy atom. The van der Waals surface area contributed by atoms with Crippen LogP contribution >= 0.6 is 7.82 Å². The Morgan fingerprint density at radius 2 is 2.00 bits per heavy atom. The zero-order valence-electron chi connectivity index (χ0n) is 15.1. The molecule has 0 aliphatic heterocycles. The number of fused-ring (bicyclic) bond motifs is 1. The van der Waals surface area contributed by atoms with Crippen molar-refractivity contribution in [2.45, 2.75) is 39.2 Å². The van der Waals surface area contributed by atoms with Crippen LogP contribution in [0.1, 0.15) is 32.4 Å². The third-order valence-electron chi connectivity index (χ3n) is 3.52. The van der Waals surface area contributed by atoms with E-state index in [1.165, 1.54) is 0 Å². The molecule has 2 rings (SSSR count). The summed E-state index contributed by atoms with van der Waals surface area (Å²) in [6.07, 6.45) is 2.78. The number of nitrogens with zero attached hydrogens (tertiary/aromatic N) is 1. The largest absolute Gasteiger partial charge is 0.472 e. The lowest BCUT2D eigenvalue weighted by molar-refractivity contribution is -0.120. The van der Waals surface area contributed by atoms with Gasteiger partial charge in [-0.25, -0.2) is 4.57 Å². The molecule has 0 radical (unpaired) electrons. The Labute approximate surface area is 153 Å². The first-order chi connectivity index (χ1) is 12.4. The van der Waals surface area contributed by atoms with Crippen molar-refractivity contribution in [3.8, 4) is 0 Å². The first kappa shape index (κ1) is 20.5. The molecule has 1 unspecified atom stereocenters. The number of carbonyl (C=O) groups excluding carboxylic acids is 1. The zero-order valence-corrected chi connectivity index (χ0v) is 15.9. The first-order valence-electron chi connectivity index (χ1n) is 8.62. The molecule has 2 N–H and O–H groups in total. The molecule has 1 amide bonds. The molecule has 0 aliphatic carbocycles. The minimum atomic E-state index is -3.98. The van der Waals surface area contributed by atoms with E-state index in [-0.39, 0.29) is 25.0 Å². The molecule has 0 saturated heterocycles. The summed E-state index contributed by atoms with van der Waals surface area (Å²) in [7, 11) is -3.98. The molecule has 7 nitrogen and oxygen atoms in total. The molecule has 0 aliphatic rings. The fraction of sp³-hybridized carbons (Fsp3) is 0.444. The number of benzene rings is 1. The third kappa shape index (κ3) is 7.22.